The first-order valence-electron chi connectivity index (χ1n) is 8.37. The van der Waals surface area contributed by atoms with Crippen LogP contribution in [0.3, 0.4) is 0 Å². The second kappa shape index (κ2) is 5.70. The fourth-order valence-corrected chi connectivity index (χ4v) is 4.95. The van der Waals surface area contributed by atoms with Gasteiger partial charge in [-0.25, -0.2) is 4.79 Å². The van der Waals surface area contributed by atoms with Gasteiger partial charge in [0.1, 0.15) is 11.0 Å². The predicted molar refractivity (Wildman–Crippen MR) is 82.4 cm³/mol. The molecule has 4 bridgehead atoms. The topological polar surface area (TPSA) is 52.6 Å². The van der Waals surface area contributed by atoms with Crippen LogP contribution in [0.5, 0.6) is 0 Å². The SMILES string of the molecule is CC(Cl)C(=O)OC(C)C(=O)OC1(C)C2CC3CC(C2)CC1C3. The van der Waals surface area contributed by atoms with Crippen molar-refractivity contribution >= 4 is 23.5 Å². The first-order valence-corrected chi connectivity index (χ1v) is 8.80. The Labute approximate surface area is 136 Å². The third-order valence-corrected chi connectivity index (χ3v) is 6.21. The van der Waals surface area contributed by atoms with Crippen molar-refractivity contribution in [3.05, 3.63) is 0 Å². The third kappa shape index (κ3) is 2.75. The van der Waals surface area contributed by atoms with Crippen molar-refractivity contribution in [2.24, 2.45) is 23.7 Å². The molecule has 0 aliphatic heterocycles. The van der Waals surface area contributed by atoms with Gasteiger partial charge in [-0.2, -0.15) is 0 Å². The van der Waals surface area contributed by atoms with E-state index in [1.807, 2.05) is 0 Å². The molecule has 2 atom stereocenters. The first kappa shape index (κ1) is 16.1. The van der Waals surface area contributed by atoms with E-state index in [1.54, 1.807) is 6.92 Å². The van der Waals surface area contributed by atoms with Gasteiger partial charge in [-0.05, 0) is 76.5 Å². The number of carbonyl (C=O) groups excluding carboxylic acids is 2. The number of rotatable bonds is 4. The summed E-state index contributed by atoms with van der Waals surface area (Å²) in [4.78, 5) is 23.9. The molecule has 4 aliphatic rings. The molecule has 0 aromatic heterocycles. The lowest BCUT2D eigenvalue weighted by atomic mass is 9.50. The van der Waals surface area contributed by atoms with Crippen LogP contribution in [0, 0.1) is 23.7 Å². The highest BCUT2D eigenvalue weighted by Gasteiger charge is 2.57. The summed E-state index contributed by atoms with van der Waals surface area (Å²) in [6.07, 6.45) is 5.14. The summed E-state index contributed by atoms with van der Waals surface area (Å²) in [6.45, 7) is 5.16. The molecule has 124 valence electrons. The molecule has 4 saturated carbocycles. The fourth-order valence-electron chi connectivity index (χ4n) is 4.90. The lowest BCUT2D eigenvalue weighted by Crippen LogP contribution is -2.58. The number of alkyl halides is 1. The maximum absolute atomic E-state index is 12.4. The molecule has 5 heteroatoms. The van der Waals surface area contributed by atoms with E-state index >= 15 is 0 Å². The van der Waals surface area contributed by atoms with Crippen molar-refractivity contribution < 1.29 is 19.1 Å². The summed E-state index contributed by atoms with van der Waals surface area (Å²) in [7, 11) is 0. The van der Waals surface area contributed by atoms with Crippen LogP contribution in [0.25, 0.3) is 0 Å². The molecule has 0 saturated heterocycles. The van der Waals surface area contributed by atoms with Crippen LogP contribution in [-0.4, -0.2) is 29.0 Å². The Balaban J connectivity index is 1.64. The number of esters is 2. The van der Waals surface area contributed by atoms with Gasteiger partial charge in [0.15, 0.2) is 6.10 Å². The van der Waals surface area contributed by atoms with Crippen LogP contribution in [0.2, 0.25) is 0 Å². The maximum Gasteiger partial charge on any atom is 0.347 e. The van der Waals surface area contributed by atoms with Gasteiger partial charge in [0.25, 0.3) is 0 Å². The molecule has 22 heavy (non-hydrogen) atoms. The maximum atomic E-state index is 12.4. The minimum Gasteiger partial charge on any atom is -0.456 e. The average Bonchev–Trinajstić information content (AvgIpc) is 2.43. The van der Waals surface area contributed by atoms with Crippen LogP contribution in [0.15, 0.2) is 0 Å². The molecule has 0 aromatic carbocycles. The summed E-state index contributed by atoms with van der Waals surface area (Å²) in [5.41, 5.74) is -0.391. The number of carbonyl (C=O) groups is 2. The van der Waals surface area contributed by atoms with Crippen LogP contribution in [0.1, 0.15) is 52.9 Å². The van der Waals surface area contributed by atoms with Crippen LogP contribution >= 0.6 is 11.6 Å². The molecule has 0 amide bonds. The van der Waals surface area contributed by atoms with E-state index in [0.717, 1.165) is 11.8 Å². The Morgan fingerprint density at radius 3 is 1.95 bits per heavy atom. The second-order valence-corrected chi connectivity index (χ2v) is 8.26. The van der Waals surface area contributed by atoms with Gasteiger partial charge >= 0.3 is 11.9 Å². The van der Waals surface area contributed by atoms with Gasteiger partial charge in [-0.1, -0.05) is 0 Å². The standard InChI is InChI=1S/C17H25ClO4/c1-9(18)15(19)21-10(2)16(20)22-17(3)13-5-11-4-12(7-13)8-14(17)6-11/h9-14H,4-8H2,1-3H3. The van der Waals surface area contributed by atoms with Crippen molar-refractivity contribution in [3.8, 4) is 0 Å². The van der Waals surface area contributed by atoms with E-state index in [-0.39, 0.29) is 0 Å². The zero-order valence-corrected chi connectivity index (χ0v) is 14.3. The average molecular weight is 329 g/mol. The largest absolute Gasteiger partial charge is 0.456 e. The molecule has 4 fully saturated rings. The summed E-state index contributed by atoms with van der Waals surface area (Å²) in [6, 6.07) is 0. The molecular formula is C17H25ClO4. The molecule has 0 spiro atoms. The summed E-state index contributed by atoms with van der Waals surface area (Å²) < 4.78 is 11.0. The Hall–Kier alpha value is -0.770. The predicted octanol–water partition coefficient (Wildman–Crippen LogP) is 3.30. The van der Waals surface area contributed by atoms with Gasteiger partial charge in [0.2, 0.25) is 0 Å². The van der Waals surface area contributed by atoms with E-state index < -0.39 is 29.0 Å². The van der Waals surface area contributed by atoms with Crippen molar-refractivity contribution in [1.29, 1.82) is 0 Å². The fraction of sp³-hybridized carbons (Fsp3) is 0.882. The zero-order valence-electron chi connectivity index (χ0n) is 13.5. The highest BCUT2D eigenvalue weighted by atomic mass is 35.5. The minimum absolute atomic E-state index is 0.391. The number of ether oxygens (including phenoxy) is 2. The summed E-state index contributed by atoms with van der Waals surface area (Å²) >= 11 is 5.67. The normalized spacial score (nSPS) is 41.8. The quantitative estimate of drug-likeness (QED) is 0.587. The molecule has 4 rings (SSSR count). The minimum atomic E-state index is -0.900. The van der Waals surface area contributed by atoms with E-state index in [1.165, 1.54) is 39.0 Å². The number of hydrogen-bond acceptors (Lipinski definition) is 4. The van der Waals surface area contributed by atoms with E-state index in [0.29, 0.717) is 11.8 Å². The van der Waals surface area contributed by atoms with Crippen molar-refractivity contribution in [2.75, 3.05) is 0 Å². The monoisotopic (exact) mass is 328 g/mol. The van der Waals surface area contributed by atoms with Crippen LogP contribution in [0.4, 0.5) is 0 Å². The highest BCUT2D eigenvalue weighted by Crippen LogP contribution is 2.59. The summed E-state index contributed by atoms with van der Waals surface area (Å²) in [5, 5.41) is -0.757. The Morgan fingerprint density at radius 1 is 1.00 bits per heavy atom. The van der Waals surface area contributed by atoms with Crippen LogP contribution < -0.4 is 0 Å². The zero-order chi connectivity index (χ0) is 16.1. The Morgan fingerprint density at radius 2 is 1.50 bits per heavy atom. The van der Waals surface area contributed by atoms with Crippen molar-refractivity contribution in [2.45, 2.75) is 70.0 Å². The molecule has 0 radical (unpaired) electrons. The lowest BCUT2D eigenvalue weighted by molar-refractivity contribution is -0.212. The first-order chi connectivity index (χ1) is 10.3. The molecule has 4 nitrogen and oxygen atoms in total. The van der Waals surface area contributed by atoms with Gasteiger partial charge in [0.05, 0.1) is 0 Å². The third-order valence-electron chi connectivity index (χ3n) is 6.03. The van der Waals surface area contributed by atoms with Gasteiger partial charge in [-0.15, -0.1) is 11.6 Å². The number of halogens is 1. The molecule has 0 heterocycles. The Kier molecular flexibility index (Phi) is 4.17. The van der Waals surface area contributed by atoms with Crippen molar-refractivity contribution in [1.82, 2.24) is 0 Å². The van der Waals surface area contributed by atoms with E-state index in [4.69, 9.17) is 21.1 Å². The lowest BCUT2D eigenvalue weighted by Gasteiger charge is -2.59. The second-order valence-electron chi connectivity index (χ2n) is 7.60. The van der Waals surface area contributed by atoms with Gasteiger partial charge in [0, 0.05) is 0 Å². The molecule has 2 unspecified atom stereocenters. The molecular weight excluding hydrogens is 304 g/mol. The molecule has 0 aromatic rings. The van der Waals surface area contributed by atoms with E-state index in [2.05, 4.69) is 6.92 Å². The van der Waals surface area contributed by atoms with Gasteiger partial charge < -0.3 is 9.47 Å². The van der Waals surface area contributed by atoms with Crippen molar-refractivity contribution in [3.63, 3.8) is 0 Å². The molecule has 0 N–H and O–H groups in total. The van der Waals surface area contributed by atoms with Gasteiger partial charge in [-0.3, -0.25) is 4.79 Å². The van der Waals surface area contributed by atoms with Crippen LogP contribution in [-0.2, 0) is 19.1 Å². The Bertz CT molecular complexity index is 445. The summed E-state index contributed by atoms with van der Waals surface area (Å²) in [5.74, 6) is 1.54. The van der Waals surface area contributed by atoms with E-state index in [9.17, 15) is 9.59 Å². The highest BCUT2D eigenvalue weighted by molar-refractivity contribution is 6.29. The smallest absolute Gasteiger partial charge is 0.347 e. The molecule has 4 aliphatic carbocycles. The number of hydrogen-bond donors (Lipinski definition) is 0.